The molecular weight excluding hydrogens is 424 g/mol. The summed E-state index contributed by atoms with van der Waals surface area (Å²) in [6.45, 7) is -0.0838. The number of benzene rings is 2. The van der Waals surface area contributed by atoms with E-state index >= 15 is 0 Å². The first-order valence-electron chi connectivity index (χ1n) is 9.49. The highest BCUT2D eigenvalue weighted by Crippen LogP contribution is 2.37. The molecule has 1 fully saturated rings. The van der Waals surface area contributed by atoms with E-state index in [1.807, 2.05) is 60.7 Å². The topological polar surface area (TPSA) is 29.5 Å². The number of nitrogens with zero attached hydrogens (tertiary/aromatic N) is 1. The average Bonchev–Trinajstić information content (AvgIpc) is 2.72. The van der Waals surface area contributed by atoms with Crippen molar-refractivity contribution < 1.29 is 35.9 Å². The smallest absolute Gasteiger partial charge is 0.426 e. The zero-order chi connectivity index (χ0) is 22.6. The molecule has 0 saturated carbocycles. The van der Waals surface area contributed by atoms with E-state index in [1.165, 1.54) is 0 Å². The maximum absolute atomic E-state index is 12.7. The van der Waals surface area contributed by atoms with Gasteiger partial charge in [0.2, 0.25) is 0 Å². The second-order valence-electron chi connectivity index (χ2n) is 7.04. The van der Waals surface area contributed by atoms with Crippen LogP contribution >= 0.6 is 0 Å². The minimum absolute atomic E-state index is 0.0419. The van der Waals surface area contributed by atoms with Crippen LogP contribution in [0.25, 0.3) is 5.57 Å². The Labute approximate surface area is 174 Å². The predicted molar refractivity (Wildman–Crippen MR) is 102 cm³/mol. The molecule has 0 aromatic heterocycles. The second-order valence-corrected chi connectivity index (χ2v) is 7.04. The van der Waals surface area contributed by atoms with Gasteiger partial charge < -0.3 is 9.64 Å². The van der Waals surface area contributed by atoms with Gasteiger partial charge in [0.1, 0.15) is 0 Å². The monoisotopic (exact) mass is 443 g/mol. The van der Waals surface area contributed by atoms with Crippen molar-refractivity contribution in [3.05, 3.63) is 77.4 Å². The van der Waals surface area contributed by atoms with Gasteiger partial charge in [-0.1, -0.05) is 66.2 Å². The number of carbonyl (C=O) groups is 1. The van der Waals surface area contributed by atoms with Crippen LogP contribution in [0.3, 0.4) is 0 Å². The lowest BCUT2D eigenvalue weighted by Crippen LogP contribution is -2.49. The van der Waals surface area contributed by atoms with Crippen molar-refractivity contribution in [3.63, 3.8) is 0 Å². The van der Waals surface area contributed by atoms with Gasteiger partial charge in [0.15, 0.2) is 0 Å². The largest absolute Gasteiger partial charge is 0.434 e. The molecular formula is C22H19F6NO2. The predicted octanol–water partition coefficient (Wildman–Crippen LogP) is 6.21. The quantitative estimate of drug-likeness (QED) is 0.528. The van der Waals surface area contributed by atoms with Crippen LogP contribution in [-0.2, 0) is 4.74 Å². The fourth-order valence-electron chi connectivity index (χ4n) is 3.49. The number of piperidine rings is 1. The molecule has 31 heavy (non-hydrogen) atoms. The summed E-state index contributed by atoms with van der Waals surface area (Å²) in [5, 5.41) is 0. The number of rotatable bonds is 3. The van der Waals surface area contributed by atoms with E-state index in [0.29, 0.717) is 12.8 Å². The first-order valence-corrected chi connectivity index (χ1v) is 9.49. The molecule has 0 bridgehead atoms. The van der Waals surface area contributed by atoms with Crippen molar-refractivity contribution in [2.45, 2.75) is 31.3 Å². The third-order valence-corrected chi connectivity index (χ3v) is 4.92. The molecule has 3 rings (SSSR count). The Kier molecular flexibility index (Phi) is 6.62. The number of ether oxygens (including phenoxy) is 1. The van der Waals surface area contributed by atoms with E-state index in [-0.39, 0.29) is 13.1 Å². The molecule has 1 heterocycles. The van der Waals surface area contributed by atoms with Gasteiger partial charge in [0, 0.05) is 13.1 Å². The minimum atomic E-state index is -5.73. The summed E-state index contributed by atoms with van der Waals surface area (Å²) in [7, 11) is 0. The highest BCUT2D eigenvalue weighted by atomic mass is 19.4. The molecule has 1 aliphatic heterocycles. The minimum Gasteiger partial charge on any atom is -0.426 e. The van der Waals surface area contributed by atoms with Crippen LogP contribution in [0.1, 0.15) is 24.0 Å². The van der Waals surface area contributed by atoms with Gasteiger partial charge in [-0.05, 0) is 29.5 Å². The average molecular weight is 443 g/mol. The first-order chi connectivity index (χ1) is 14.6. The standard InChI is InChI=1S/C22H19F6NO2/c23-21(24,25)19(22(26,27)28)31-20(30)29-13-11-17(12-14-29)18(15-7-3-1-4-8-15)16-9-5-2-6-10-16/h1-10,19H,11-14H2. The van der Waals surface area contributed by atoms with Gasteiger partial charge in [0.25, 0.3) is 6.10 Å². The van der Waals surface area contributed by atoms with Crippen molar-refractivity contribution in [1.29, 1.82) is 0 Å². The normalized spacial score (nSPS) is 15.2. The maximum atomic E-state index is 12.7. The van der Waals surface area contributed by atoms with Crippen LogP contribution in [0.4, 0.5) is 31.1 Å². The Hall–Kier alpha value is -2.97. The third-order valence-electron chi connectivity index (χ3n) is 4.92. The highest BCUT2D eigenvalue weighted by Gasteiger charge is 2.60. The van der Waals surface area contributed by atoms with Crippen molar-refractivity contribution in [2.24, 2.45) is 0 Å². The second kappa shape index (κ2) is 9.03. The first kappa shape index (κ1) is 22.7. The van der Waals surface area contributed by atoms with E-state index < -0.39 is 24.5 Å². The molecule has 0 aliphatic carbocycles. The van der Waals surface area contributed by atoms with Gasteiger partial charge in [-0.15, -0.1) is 0 Å². The lowest BCUT2D eigenvalue weighted by molar-refractivity contribution is -0.308. The molecule has 3 nitrogen and oxygen atoms in total. The molecule has 0 atom stereocenters. The summed E-state index contributed by atoms with van der Waals surface area (Å²) >= 11 is 0. The molecule has 9 heteroatoms. The molecule has 2 aromatic carbocycles. The number of amides is 1. The number of hydrogen-bond acceptors (Lipinski definition) is 2. The van der Waals surface area contributed by atoms with Crippen LogP contribution in [0.15, 0.2) is 66.2 Å². The number of halogens is 6. The van der Waals surface area contributed by atoms with Gasteiger partial charge in [-0.2, -0.15) is 26.3 Å². The molecule has 166 valence electrons. The highest BCUT2D eigenvalue weighted by molar-refractivity contribution is 5.82. The van der Waals surface area contributed by atoms with Gasteiger partial charge in [0.05, 0.1) is 0 Å². The maximum Gasteiger partial charge on any atom is 0.434 e. The van der Waals surface area contributed by atoms with Crippen molar-refractivity contribution in [1.82, 2.24) is 4.90 Å². The lowest BCUT2D eigenvalue weighted by Gasteiger charge is -2.31. The summed E-state index contributed by atoms with van der Waals surface area (Å²) in [6, 6.07) is 18.9. The zero-order valence-corrected chi connectivity index (χ0v) is 16.2. The molecule has 1 aliphatic rings. The van der Waals surface area contributed by atoms with Crippen LogP contribution in [-0.4, -0.2) is 42.5 Å². The van der Waals surface area contributed by atoms with E-state index in [1.54, 1.807) is 0 Å². The molecule has 0 N–H and O–H groups in total. The molecule has 2 aromatic rings. The van der Waals surface area contributed by atoms with Gasteiger partial charge in [-0.3, -0.25) is 0 Å². The zero-order valence-electron chi connectivity index (χ0n) is 16.2. The Morgan fingerprint density at radius 3 is 1.58 bits per heavy atom. The van der Waals surface area contributed by atoms with Crippen molar-refractivity contribution >= 4 is 11.7 Å². The van der Waals surface area contributed by atoms with E-state index in [4.69, 9.17) is 0 Å². The lowest BCUT2D eigenvalue weighted by atomic mass is 9.88. The van der Waals surface area contributed by atoms with E-state index in [2.05, 4.69) is 4.74 Å². The van der Waals surface area contributed by atoms with E-state index in [9.17, 15) is 31.1 Å². The molecule has 1 saturated heterocycles. The number of carbonyl (C=O) groups excluding carboxylic acids is 1. The van der Waals surface area contributed by atoms with E-state index in [0.717, 1.165) is 27.2 Å². The molecule has 0 radical (unpaired) electrons. The summed E-state index contributed by atoms with van der Waals surface area (Å²) < 4.78 is 79.8. The number of likely N-dealkylation sites (tertiary alicyclic amines) is 1. The SMILES string of the molecule is O=C(OC(C(F)(F)F)C(F)(F)F)N1CCC(=C(c2ccccc2)c2ccccc2)CC1. The summed E-state index contributed by atoms with van der Waals surface area (Å²) in [5.74, 6) is 0. The van der Waals surface area contributed by atoms with Crippen LogP contribution in [0, 0.1) is 0 Å². The fourth-order valence-corrected chi connectivity index (χ4v) is 3.49. The summed E-state index contributed by atoms with van der Waals surface area (Å²) in [4.78, 5) is 12.9. The molecule has 0 spiro atoms. The van der Waals surface area contributed by atoms with Gasteiger partial charge >= 0.3 is 18.4 Å². The third kappa shape index (κ3) is 5.59. The summed E-state index contributed by atoms with van der Waals surface area (Å²) in [5.41, 5.74) is 3.78. The Balaban J connectivity index is 1.79. The Morgan fingerprint density at radius 1 is 0.774 bits per heavy atom. The van der Waals surface area contributed by atoms with Crippen LogP contribution < -0.4 is 0 Å². The molecule has 1 amide bonds. The van der Waals surface area contributed by atoms with Crippen molar-refractivity contribution in [2.75, 3.05) is 13.1 Å². The number of hydrogen-bond donors (Lipinski definition) is 0. The Bertz CT molecular complexity index is 857. The van der Waals surface area contributed by atoms with Gasteiger partial charge in [-0.25, -0.2) is 4.79 Å². The number of alkyl halides is 6. The van der Waals surface area contributed by atoms with Crippen LogP contribution in [0.2, 0.25) is 0 Å². The van der Waals surface area contributed by atoms with Crippen molar-refractivity contribution in [3.8, 4) is 0 Å². The summed E-state index contributed by atoms with van der Waals surface area (Å²) in [6.07, 6.45) is -16.6. The van der Waals surface area contributed by atoms with Crippen LogP contribution in [0.5, 0.6) is 0 Å². The Morgan fingerprint density at radius 2 is 1.19 bits per heavy atom. The molecule has 0 unspecified atom stereocenters. The fraction of sp³-hybridized carbons (Fsp3) is 0.318.